The van der Waals surface area contributed by atoms with Crippen molar-refractivity contribution >= 4 is 40.3 Å². The fourth-order valence-corrected chi connectivity index (χ4v) is 3.40. The quantitative estimate of drug-likeness (QED) is 0.509. The largest absolute Gasteiger partial charge is 0.378 e. The van der Waals surface area contributed by atoms with Crippen molar-refractivity contribution in [3.8, 4) is 0 Å². The predicted octanol–water partition coefficient (Wildman–Crippen LogP) is 6.33. The second-order valence-electron chi connectivity index (χ2n) is 7.17. The van der Waals surface area contributed by atoms with Crippen LogP contribution >= 0.6 is 23.2 Å². The monoisotopic (exact) mass is 413 g/mol. The van der Waals surface area contributed by atoms with E-state index in [0.717, 1.165) is 28.2 Å². The number of anilines is 3. The van der Waals surface area contributed by atoms with Crippen LogP contribution < -0.4 is 15.1 Å². The topological polar surface area (TPSA) is 18.5 Å². The molecule has 5 heteroatoms. The van der Waals surface area contributed by atoms with Crippen molar-refractivity contribution in [1.82, 2.24) is 0 Å². The first-order chi connectivity index (χ1) is 13.3. The molecule has 0 bridgehead atoms. The molecule has 28 heavy (non-hydrogen) atoms. The summed E-state index contributed by atoms with van der Waals surface area (Å²) in [7, 11) is 8.15. The number of hydrogen-bond acceptors (Lipinski definition) is 3. The minimum Gasteiger partial charge on any atom is -0.378 e. The van der Waals surface area contributed by atoms with E-state index in [-0.39, 0.29) is 6.04 Å². The Morgan fingerprint density at radius 1 is 0.679 bits per heavy atom. The molecule has 0 atom stereocenters. The molecule has 0 spiro atoms. The van der Waals surface area contributed by atoms with Gasteiger partial charge in [0.1, 0.15) is 0 Å². The second-order valence-corrected chi connectivity index (χ2v) is 8.02. The summed E-state index contributed by atoms with van der Waals surface area (Å²) in [5.74, 6) is 0. The van der Waals surface area contributed by atoms with Crippen LogP contribution in [-0.2, 0) is 0 Å². The van der Waals surface area contributed by atoms with Gasteiger partial charge >= 0.3 is 0 Å². The van der Waals surface area contributed by atoms with E-state index < -0.39 is 0 Å². The van der Waals surface area contributed by atoms with Gasteiger partial charge in [-0.15, -0.1) is 0 Å². The van der Waals surface area contributed by atoms with Gasteiger partial charge in [-0.05, 0) is 53.6 Å². The third-order valence-corrected chi connectivity index (χ3v) is 5.28. The maximum Gasteiger partial charge on any atom is 0.0768 e. The lowest BCUT2D eigenvalue weighted by atomic mass is 9.97. The van der Waals surface area contributed by atoms with Gasteiger partial charge in [-0.3, -0.25) is 0 Å². The highest BCUT2D eigenvalue weighted by Gasteiger charge is 2.16. The number of nitrogens with zero attached hydrogens (tertiary/aromatic N) is 2. The summed E-state index contributed by atoms with van der Waals surface area (Å²) in [4.78, 5) is 4.18. The van der Waals surface area contributed by atoms with Crippen molar-refractivity contribution < 1.29 is 0 Å². The zero-order valence-electron chi connectivity index (χ0n) is 16.6. The number of benzene rings is 3. The molecular weight excluding hydrogens is 389 g/mol. The van der Waals surface area contributed by atoms with Crippen molar-refractivity contribution in [1.29, 1.82) is 0 Å². The molecule has 1 N–H and O–H groups in total. The molecule has 0 amide bonds. The molecule has 0 saturated heterocycles. The molecule has 3 aromatic carbocycles. The van der Waals surface area contributed by atoms with E-state index in [9.17, 15) is 0 Å². The number of rotatable bonds is 6. The normalized spacial score (nSPS) is 10.8. The molecular formula is C23H25Cl2N3. The van der Waals surface area contributed by atoms with Crippen LogP contribution in [0.3, 0.4) is 0 Å². The Labute approximate surface area is 177 Å². The Balaban J connectivity index is 2.01. The lowest BCUT2D eigenvalue weighted by Gasteiger charge is -2.24. The Kier molecular flexibility index (Phi) is 6.38. The first-order valence-corrected chi connectivity index (χ1v) is 9.87. The van der Waals surface area contributed by atoms with Gasteiger partial charge in [0.05, 0.1) is 16.8 Å². The first kappa shape index (κ1) is 20.4. The maximum atomic E-state index is 6.41. The highest BCUT2D eigenvalue weighted by atomic mass is 35.5. The minimum atomic E-state index is -0.0524. The van der Waals surface area contributed by atoms with Crippen molar-refractivity contribution in [2.45, 2.75) is 6.04 Å². The van der Waals surface area contributed by atoms with Gasteiger partial charge < -0.3 is 15.1 Å². The average Bonchev–Trinajstić information content (AvgIpc) is 2.69. The smallest absolute Gasteiger partial charge is 0.0768 e. The zero-order valence-corrected chi connectivity index (χ0v) is 18.1. The van der Waals surface area contributed by atoms with Crippen molar-refractivity contribution in [3.63, 3.8) is 0 Å². The highest BCUT2D eigenvalue weighted by molar-refractivity contribution is 6.35. The van der Waals surface area contributed by atoms with Gasteiger partial charge in [-0.25, -0.2) is 0 Å². The summed E-state index contributed by atoms with van der Waals surface area (Å²) in [5.41, 5.74) is 5.43. The first-order valence-electron chi connectivity index (χ1n) is 9.11. The average molecular weight is 414 g/mol. The summed E-state index contributed by atoms with van der Waals surface area (Å²) >= 11 is 12.6. The molecule has 0 aliphatic heterocycles. The molecule has 0 aliphatic rings. The fraction of sp³-hybridized carbons (Fsp3) is 0.217. The molecule has 0 aromatic heterocycles. The van der Waals surface area contributed by atoms with Crippen molar-refractivity contribution in [2.75, 3.05) is 43.3 Å². The second kappa shape index (κ2) is 8.76. The molecule has 0 heterocycles. The van der Waals surface area contributed by atoms with Gasteiger partial charge in [-0.1, -0.05) is 47.5 Å². The lowest BCUT2D eigenvalue weighted by molar-refractivity contribution is 0.937. The van der Waals surface area contributed by atoms with Crippen LogP contribution in [0.4, 0.5) is 17.1 Å². The summed E-state index contributed by atoms with van der Waals surface area (Å²) in [6.45, 7) is 0. The van der Waals surface area contributed by atoms with E-state index in [2.05, 4.69) is 63.6 Å². The van der Waals surface area contributed by atoms with Crippen LogP contribution in [0.25, 0.3) is 0 Å². The van der Waals surface area contributed by atoms with E-state index in [4.69, 9.17) is 23.2 Å². The summed E-state index contributed by atoms with van der Waals surface area (Å²) in [6.07, 6.45) is 0. The summed E-state index contributed by atoms with van der Waals surface area (Å²) in [6, 6.07) is 22.5. The number of nitrogens with one attached hydrogen (secondary N) is 1. The third-order valence-electron chi connectivity index (χ3n) is 4.71. The Morgan fingerprint density at radius 2 is 1.14 bits per heavy atom. The number of hydrogen-bond donors (Lipinski definition) is 1. The van der Waals surface area contributed by atoms with Gasteiger partial charge in [0.25, 0.3) is 0 Å². The SMILES string of the molecule is CN(C)c1ccc(C(Nc2cc(Cl)ccc2Cl)c2ccc(N(C)C)cc2)cc1. The fourth-order valence-electron chi connectivity index (χ4n) is 3.05. The molecule has 0 radical (unpaired) electrons. The minimum absolute atomic E-state index is 0.0524. The molecule has 0 aliphatic carbocycles. The van der Waals surface area contributed by atoms with Gasteiger partial charge in [0, 0.05) is 44.6 Å². The van der Waals surface area contributed by atoms with Gasteiger partial charge in [0.2, 0.25) is 0 Å². The van der Waals surface area contributed by atoms with Crippen molar-refractivity contribution in [2.24, 2.45) is 0 Å². The standard InChI is InChI=1S/C23H25Cl2N3/c1-27(2)19-10-5-16(6-11-19)23(17-7-12-20(13-8-17)28(3)4)26-22-15-18(24)9-14-21(22)25/h5-15,23,26H,1-4H3. The van der Waals surface area contributed by atoms with Crippen LogP contribution in [0, 0.1) is 0 Å². The molecule has 3 rings (SSSR count). The van der Waals surface area contributed by atoms with Crippen LogP contribution in [0.1, 0.15) is 17.2 Å². The van der Waals surface area contributed by atoms with Gasteiger partial charge in [-0.2, -0.15) is 0 Å². The van der Waals surface area contributed by atoms with Crippen LogP contribution in [0.15, 0.2) is 66.7 Å². The van der Waals surface area contributed by atoms with E-state index in [1.807, 2.05) is 40.3 Å². The predicted molar refractivity (Wildman–Crippen MR) is 123 cm³/mol. The Morgan fingerprint density at radius 3 is 1.57 bits per heavy atom. The van der Waals surface area contributed by atoms with Crippen LogP contribution in [0.2, 0.25) is 10.0 Å². The molecule has 0 fully saturated rings. The Bertz CT molecular complexity index is 868. The van der Waals surface area contributed by atoms with Crippen LogP contribution in [0.5, 0.6) is 0 Å². The van der Waals surface area contributed by atoms with E-state index >= 15 is 0 Å². The highest BCUT2D eigenvalue weighted by Crippen LogP contribution is 2.33. The summed E-state index contributed by atoms with van der Waals surface area (Å²) < 4.78 is 0. The third kappa shape index (κ3) is 4.73. The molecule has 0 unspecified atom stereocenters. The molecule has 0 saturated carbocycles. The molecule has 3 nitrogen and oxygen atoms in total. The van der Waals surface area contributed by atoms with E-state index in [1.54, 1.807) is 6.07 Å². The van der Waals surface area contributed by atoms with E-state index in [1.165, 1.54) is 0 Å². The van der Waals surface area contributed by atoms with Crippen molar-refractivity contribution in [3.05, 3.63) is 87.9 Å². The maximum absolute atomic E-state index is 6.41. The van der Waals surface area contributed by atoms with Gasteiger partial charge in [0.15, 0.2) is 0 Å². The lowest BCUT2D eigenvalue weighted by Crippen LogP contribution is -2.14. The summed E-state index contributed by atoms with van der Waals surface area (Å²) in [5, 5.41) is 4.87. The molecule has 3 aromatic rings. The zero-order chi connectivity index (χ0) is 20.3. The number of halogens is 2. The Hall–Kier alpha value is -2.36. The van der Waals surface area contributed by atoms with E-state index in [0.29, 0.717) is 10.0 Å². The molecule has 146 valence electrons. The van der Waals surface area contributed by atoms with Crippen LogP contribution in [-0.4, -0.2) is 28.2 Å².